The van der Waals surface area contributed by atoms with Crippen molar-refractivity contribution in [2.75, 3.05) is 6.54 Å². The maximum absolute atomic E-state index is 12.5. The molecule has 2 aromatic carbocycles. The summed E-state index contributed by atoms with van der Waals surface area (Å²) in [4.78, 5) is 12.5. The quantitative estimate of drug-likeness (QED) is 0.904. The maximum Gasteiger partial charge on any atom is 0.229 e. The standard InChI is InChI=1S/C18H20N2O/c19-12-16(13-6-2-1-3-7-13)18(21)20-17-11-10-14-8-4-5-9-15(14)17/h1-9,16-17H,10-12,19H2,(H,20,21). The van der Waals surface area contributed by atoms with Crippen LogP contribution in [0.1, 0.15) is 35.1 Å². The van der Waals surface area contributed by atoms with Crippen molar-refractivity contribution in [3.8, 4) is 0 Å². The molecule has 2 aromatic rings. The van der Waals surface area contributed by atoms with Gasteiger partial charge in [0.25, 0.3) is 0 Å². The van der Waals surface area contributed by atoms with Crippen LogP contribution in [0.5, 0.6) is 0 Å². The SMILES string of the molecule is NCC(C(=O)NC1CCc2ccccc21)c1ccccc1. The normalized spacial score (nSPS) is 18.0. The van der Waals surface area contributed by atoms with E-state index < -0.39 is 0 Å². The molecule has 0 aromatic heterocycles. The second-order valence-electron chi connectivity index (χ2n) is 5.50. The zero-order chi connectivity index (χ0) is 14.7. The molecule has 3 nitrogen and oxygen atoms in total. The topological polar surface area (TPSA) is 55.1 Å². The monoisotopic (exact) mass is 280 g/mol. The van der Waals surface area contributed by atoms with Gasteiger partial charge in [0.2, 0.25) is 5.91 Å². The van der Waals surface area contributed by atoms with Crippen LogP contribution in [0, 0.1) is 0 Å². The number of amides is 1. The Bertz CT molecular complexity index is 624. The van der Waals surface area contributed by atoms with Crippen molar-refractivity contribution in [1.29, 1.82) is 0 Å². The third kappa shape index (κ3) is 2.83. The van der Waals surface area contributed by atoms with Crippen molar-refractivity contribution >= 4 is 5.91 Å². The number of hydrogen-bond donors (Lipinski definition) is 2. The lowest BCUT2D eigenvalue weighted by Crippen LogP contribution is -2.35. The third-order valence-corrected chi connectivity index (χ3v) is 4.20. The van der Waals surface area contributed by atoms with E-state index in [0.29, 0.717) is 6.54 Å². The maximum atomic E-state index is 12.5. The Balaban J connectivity index is 1.75. The van der Waals surface area contributed by atoms with Crippen LogP contribution in [-0.4, -0.2) is 12.5 Å². The van der Waals surface area contributed by atoms with E-state index >= 15 is 0 Å². The van der Waals surface area contributed by atoms with Crippen LogP contribution in [-0.2, 0) is 11.2 Å². The van der Waals surface area contributed by atoms with Gasteiger partial charge < -0.3 is 11.1 Å². The fraction of sp³-hybridized carbons (Fsp3) is 0.278. The molecule has 0 saturated heterocycles. The van der Waals surface area contributed by atoms with E-state index in [1.165, 1.54) is 11.1 Å². The van der Waals surface area contributed by atoms with Crippen molar-refractivity contribution < 1.29 is 4.79 Å². The van der Waals surface area contributed by atoms with Crippen LogP contribution in [0.3, 0.4) is 0 Å². The number of nitrogens with one attached hydrogen (secondary N) is 1. The number of carbonyl (C=O) groups is 1. The Labute approximate surface area is 125 Å². The second kappa shape index (κ2) is 6.10. The van der Waals surface area contributed by atoms with Gasteiger partial charge in [-0.25, -0.2) is 0 Å². The van der Waals surface area contributed by atoms with E-state index in [1.807, 2.05) is 36.4 Å². The predicted molar refractivity (Wildman–Crippen MR) is 83.9 cm³/mol. The lowest BCUT2D eigenvalue weighted by molar-refractivity contribution is -0.123. The summed E-state index contributed by atoms with van der Waals surface area (Å²) in [5.74, 6) is -0.260. The Morgan fingerprint density at radius 3 is 2.62 bits per heavy atom. The van der Waals surface area contributed by atoms with Crippen LogP contribution in [0.25, 0.3) is 0 Å². The van der Waals surface area contributed by atoms with Gasteiger partial charge >= 0.3 is 0 Å². The van der Waals surface area contributed by atoms with Gasteiger partial charge in [-0.05, 0) is 29.5 Å². The Morgan fingerprint density at radius 2 is 1.86 bits per heavy atom. The molecule has 3 rings (SSSR count). The molecule has 21 heavy (non-hydrogen) atoms. The van der Waals surface area contributed by atoms with E-state index in [9.17, 15) is 4.79 Å². The fourth-order valence-corrected chi connectivity index (χ4v) is 3.06. The first-order chi connectivity index (χ1) is 10.3. The average molecular weight is 280 g/mol. The van der Waals surface area contributed by atoms with E-state index in [0.717, 1.165) is 18.4 Å². The van der Waals surface area contributed by atoms with E-state index in [2.05, 4.69) is 23.5 Å². The Kier molecular flexibility index (Phi) is 4.02. The van der Waals surface area contributed by atoms with Gasteiger partial charge in [-0.3, -0.25) is 4.79 Å². The highest BCUT2D eigenvalue weighted by molar-refractivity contribution is 5.84. The number of nitrogens with two attached hydrogens (primary N) is 1. The first kappa shape index (κ1) is 13.8. The van der Waals surface area contributed by atoms with Crippen molar-refractivity contribution in [1.82, 2.24) is 5.32 Å². The molecule has 0 bridgehead atoms. The van der Waals surface area contributed by atoms with Crippen molar-refractivity contribution in [3.05, 3.63) is 71.3 Å². The van der Waals surface area contributed by atoms with Crippen LogP contribution >= 0.6 is 0 Å². The summed E-state index contributed by atoms with van der Waals surface area (Å²) in [5.41, 5.74) is 9.37. The van der Waals surface area contributed by atoms with Gasteiger partial charge in [-0.2, -0.15) is 0 Å². The molecule has 0 saturated carbocycles. The van der Waals surface area contributed by atoms with Crippen molar-refractivity contribution in [2.24, 2.45) is 5.73 Å². The lowest BCUT2D eigenvalue weighted by atomic mass is 9.97. The minimum absolute atomic E-state index is 0.0189. The summed E-state index contributed by atoms with van der Waals surface area (Å²) in [7, 11) is 0. The molecule has 1 aliphatic carbocycles. The van der Waals surface area contributed by atoms with Gasteiger partial charge in [-0.1, -0.05) is 54.6 Å². The number of rotatable bonds is 4. The first-order valence-corrected chi connectivity index (χ1v) is 7.43. The second-order valence-corrected chi connectivity index (χ2v) is 5.50. The van der Waals surface area contributed by atoms with Gasteiger partial charge in [0.15, 0.2) is 0 Å². The van der Waals surface area contributed by atoms with E-state index in [1.54, 1.807) is 0 Å². The molecule has 1 amide bonds. The van der Waals surface area contributed by atoms with Crippen molar-refractivity contribution in [3.63, 3.8) is 0 Å². The molecular weight excluding hydrogens is 260 g/mol. The van der Waals surface area contributed by atoms with Gasteiger partial charge in [0.05, 0.1) is 12.0 Å². The molecule has 108 valence electrons. The highest BCUT2D eigenvalue weighted by Gasteiger charge is 2.26. The summed E-state index contributed by atoms with van der Waals surface area (Å²) >= 11 is 0. The van der Waals surface area contributed by atoms with E-state index in [4.69, 9.17) is 5.73 Å². The number of benzene rings is 2. The molecule has 0 fully saturated rings. The smallest absolute Gasteiger partial charge is 0.229 e. The summed E-state index contributed by atoms with van der Waals surface area (Å²) in [6, 6.07) is 18.2. The van der Waals surface area contributed by atoms with Crippen LogP contribution in [0.2, 0.25) is 0 Å². The highest BCUT2D eigenvalue weighted by Crippen LogP contribution is 2.31. The molecule has 0 radical (unpaired) electrons. The van der Waals surface area contributed by atoms with Gasteiger partial charge in [0.1, 0.15) is 0 Å². The zero-order valence-electron chi connectivity index (χ0n) is 12.0. The molecule has 0 heterocycles. The molecule has 2 atom stereocenters. The summed E-state index contributed by atoms with van der Waals surface area (Å²) < 4.78 is 0. The van der Waals surface area contributed by atoms with Crippen LogP contribution < -0.4 is 11.1 Å². The number of aryl methyl sites for hydroxylation is 1. The minimum Gasteiger partial charge on any atom is -0.349 e. The Hall–Kier alpha value is -2.13. The fourth-order valence-electron chi connectivity index (χ4n) is 3.06. The number of fused-ring (bicyclic) bond motifs is 1. The minimum atomic E-state index is -0.279. The van der Waals surface area contributed by atoms with Gasteiger partial charge in [0, 0.05) is 6.54 Å². The number of carbonyl (C=O) groups excluding carboxylic acids is 1. The van der Waals surface area contributed by atoms with E-state index in [-0.39, 0.29) is 17.9 Å². The summed E-state index contributed by atoms with van der Waals surface area (Å²) in [6.45, 7) is 0.324. The largest absolute Gasteiger partial charge is 0.349 e. The average Bonchev–Trinajstić information content (AvgIpc) is 2.92. The third-order valence-electron chi connectivity index (χ3n) is 4.20. The Morgan fingerprint density at radius 1 is 1.14 bits per heavy atom. The lowest BCUT2D eigenvalue weighted by Gasteiger charge is -2.20. The van der Waals surface area contributed by atoms with Crippen LogP contribution in [0.4, 0.5) is 0 Å². The highest BCUT2D eigenvalue weighted by atomic mass is 16.2. The molecule has 3 heteroatoms. The van der Waals surface area contributed by atoms with Gasteiger partial charge in [-0.15, -0.1) is 0 Å². The molecule has 0 aliphatic heterocycles. The molecule has 1 aliphatic rings. The summed E-state index contributed by atoms with van der Waals surface area (Å²) in [5, 5.41) is 3.17. The molecule has 2 unspecified atom stereocenters. The van der Waals surface area contributed by atoms with Crippen molar-refractivity contribution in [2.45, 2.75) is 24.8 Å². The first-order valence-electron chi connectivity index (χ1n) is 7.43. The zero-order valence-corrected chi connectivity index (χ0v) is 12.0. The van der Waals surface area contributed by atoms with Crippen LogP contribution in [0.15, 0.2) is 54.6 Å². The molecule has 0 spiro atoms. The molecule has 3 N–H and O–H groups in total. The summed E-state index contributed by atoms with van der Waals surface area (Å²) in [6.07, 6.45) is 2.00. The number of hydrogen-bond acceptors (Lipinski definition) is 2. The predicted octanol–water partition coefficient (Wildman–Crippen LogP) is 2.53. The molecular formula is C18H20N2O.